The molecular weight excluding hydrogens is 617 g/mol. The second kappa shape index (κ2) is 13.7. The Labute approximate surface area is 246 Å². The zero-order valence-corrected chi connectivity index (χ0v) is 23.8. The van der Waals surface area contributed by atoms with Gasteiger partial charge >= 0.3 is 7.82 Å². The number of nitro groups is 3. The summed E-state index contributed by atoms with van der Waals surface area (Å²) in [6.45, 7) is 0. The zero-order chi connectivity index (χ0) is 32.8. The minimum absolute atomic E-state index is 0.212. The van der Waals surface area contributed by atoms with Crippen molar-refractivity contribution in [2.24, 2.45) is 17.5 Å². The lowest BCUT2D eigenvalue weighted by molar-refractivity contribution is -0.385. The molecule has 0 aromatic heterocycles. The molecule has 0 amide bonds. The molecule has 0 radical (unpaired) electrons. The largest absolute Gasteiger partial charge is 0.543 e. The molecule has 0 spiro atoms. The first-order valence-corrected chi connectivity index (χ1v) is 13.0. The highest BCUT2D eigenvalue weighted by Crippen LogP contribution is 2.54. The van der Waals surface area contributed by atoms with Crippen molar-refractivity contribution in [3.8, 4) is 17.2 Å². The molecule has 0 aliphatic carbocycles. The van der Waals surface area contributed by atoms with Gasteiger partial charge < -0.3 is 14.2 Å². The van der Waals surface area contributed by atoms with Crippen molar-refractivity contribution >= 4 is 41.9 Å². The molecule has 236 valence electrons. The number of ether oxygens (including phenoxy) is 3. The number of hydrogen-bond donors (Lipinski definition) is 3. The lowest BCUT2D eigenvalue weighted by Crippen LogP contribution is -2.38. The molecule has 0 heterocycles. The fourth-order valence-electron chi connectivity index (χ4n) is 3.39. The van der Waals surface area contributed by atoms with Gasteiger partial charge in [0.05, 0.1) is 54.3 Å². The summed E-state index contributed by atoms with van der Waals surface area (Å²) in [4.78, 5) is 31.4. The van der Waals surface area contributed by atoms with E-state index in [2.05, 4.69) is 0 Å². The van der Waals surface area contributed by atoms with Gasteiger partial charge in [-0.2, -0.15) is 15.5 Å². The molecule has 0 atom stereocenters. The molecule has 0 bridgehead atoms. The summed E-state index contributed by atoms with van der Waals surface area (Å²) >= 11 is 0. The topological polar surface area (TPSA) is 290 Å². The Hall–Kier alpha value is -5.35. The molecule has 0 fully saturated rings. The van der Waals surface area contributed by atoms with Crippen LogP contribution in [0.15, 0.2) is 54.6 Å². The number of phosphoric acid groups is 1. The number of anilines is 3. The lowest BCUT2D eigenvalue weighted by atomic mass is 10.2. The number of hydrogen-bond acceptors (Lipinski definition) is 19. The predicted octanol–water partition coefficient (Wildman–Crippen LogP) is 2.78. The molecule has 0 saturated carbocycles. The van der Waals surface area contributed by atoms with Crippen LogP contribution in [-0.4, -0.2) is 36.1 Å². The van der Waals surface area contributed by atoms with E-state index in [1.165, 1.54) is 0 Å². The van der Waals surface area contributed by atoms with Gasteiger partial charge in [0, 0.05) is 18.2 Å². The molecule has 3 rings (SSSR count). The van der Waals surface area contributed by atoms with Crippen LogP contribution in [0.2, 0.25) is 0 Å². The normalized spacial score (nSPS) is 11.0. The third-order valence-electron chi connectivity index (χ3n) is 5.40. The van der Waals surface area contributed by atoms with E-state index in [4.69, 9.17) is 45.6 Å². The molecule has 0 saturated heterocycles. The van der Waals surface area contributed by atoms with Gasteiger partial charge in [-0.05, 0) is 18.2 Å². The van der Waals surface area contributed by atoms with E-state index >= 15 is 0 Å². The van der Waals surface area contributed by atoms with Crippen molar-refractivity contribution in [1.29, 1.82) is 0 Å². The van der Waals surface area contributed by atoms with E-state index in [0.29, 0.717) is 15.5 Å². The number of nitrogens with zero attached hydrogens (tertiary/aromatic N) is 6. The van der Waals surface area contributed by atoms with Gasteiger partial charge in [-0.1, -0.05) is 0 Å². The van der Waals surface area contributed by atoms with Gasteiger partial charge in [0.2, 0.25) is 0 Å². The quantitative estimate of drug-likeness (QED) is 0.0929. The first-order valence-electron chi connectivity index (χ1n) is 11.5. The van der Waals surface area contributed by atoms with Gasteiger partial charge in [0.15, 0.2) is 17.2 Å². The minimum atomic E-state index is -5.23. The maximum Gasteiger partial charge on any atom is 0.543 e. The fourth-order valence-corrected chi connectivity index (χ4v) is 4.39. The predicted molar refractivity (Wildman–Crippen MR) is 150 cm³/mol. The number of hydrazine groups is 3. The van der Waals surface area contributed by atoms with Crippen molar-refractivity contribution in [3.05, 3.63) is 84.9 Å². The second-order valence-electron chi connectivity index (χ2n) is 8.01. The van der Waals surface area contributed by atoms with Crippen LogP contribution >= 0.6 is 7.82 Å². The summed E-state index contributed by atoms with van der Waals surface area (Å²) in [5, 5.41) is 34.4. The summed E-state index contributed by atoms with van der Waals surface area (Å²) in [5.74, 6) is 17.2. The first-order chi connectivity index (χ1) is 20.7. The smallest absolute Gasteiger partial charge is 0.494 e. The molecular formula is C21H24N9O13P. The van der Waals surface area contributed by atoms with E-state index < -0.39 is 22.6 Å². The molecule has 22 nitrogen and oxygen atoms in total. The molecule has 0 aliphatic rings. The number of rotatable bonds is 15. The maximum absolute atomic E-state index is 14.0. The van der Waals surface area contributed by atoms with Crippen molar-refractivity contribution in [3.63, 3.8) is 0 Å². The summed E-state index contributed by atoms with van der Waals surface area (Å²) in [6, 6.07) is 9.30. The SMILES string of the molecule is COc1cc([N+](=O)[O-])ccc1N(N)OP(=O)(ON(N)c1ccc([N+](=O)[O-])cc1OC)ON(N)c1ccc([N+](=O)[O-])cc1OC. The number of non-ortho nitro benzene ring substituents is 3. The Morgan fingerprint density at radius 1 is 0.568 bits per heavy atom. The van der Waals surface area contributed by atoms with E-state index in [1.54, 1.807) is 0 Å². The van der Waals surface area contributed by atoms with Gasteiger partial charge in [0.25, 0.3) is 17.1 Å². The molecule has 0 aliphatic heterocycles. The van der Waals surface area contributed by atoms with Gasteiger partial charge in [-0.3, -0.25) is 30.3 Å². The molecule has 44 heavy (non-hydrogen) atoms. The Balaban J connectivity index is 2.04. The summed E-state index contributed by atoms with van der Waals surface area (Å²) in [6.07, 6.45) is 0. The van der Waals surface area contributed by atoms with E-state index in [9.17, 15) is 34.9 Å². The molecule has 0 unspecified atom stereocenters. The highest BCUT2D eigenvalue weighted by molar-refractivity contribution is 7.48. The Bertz CT molecular complexity index is 1430. The number of methoxy groups -OCH3 is 3. The van der Waals surface area contributed by atoms with Crippen LogP contribution in [0.3, 0.4) is 0 Å². The minimum Gasteiger partial charge on any atom is -0.494 e. The van der Waals surface area contributed by atoms with Crippen LogP contribution in [0.4, 0.5) is 34.1 Å². The number of nitrogens with two attached hydrogens (primary N) is 3. The van der Waals surface area contributed by atoms with Crippen LogP contribution in [0.1, 0.15) is 0 Å². The summed E-state index contributed by atoms with van der Waals surface area (Å²) in [7, 11) is -1.75. The maximum atomic E-state index is 14.0. The zero-order valence-electron chi connectivity index (χ0n) is 22.9. The van der Waals surface area contributed by atoms with Gasteiger partial charge in [-0.15, -0.1) is 13.9 Å². The van der Waals surface area contributed by atoms with E-state index in [-0.39, 0.29) is 51.4 Å². The van der Waals surface area contributed by atoms with Crippen LogP contribution in [0.25, 0.3) is 0 Å². The molecule has 6 N–H and O–H groups in total. The van der Waals surface area contributed by atoms with Crippen LogP contribution in [0, 0.1) is 30.3 Å². The highest BCUT2D eigenvalue weighted by atomic mass is 31.2. The van der Waals surface area contributed by atoms with Crippen molar-refractivity contribution < 1.29 is 47.4 Å². The van der Waals surface area contributed by atoms with Gasteiger partial charge in [0.1, 0.15) is 17.1 Å². The molecule has 3 aromatic carbocycles. The second-order valence-corrected chi connectivity index (χ2v) is 9.39. The van der Waals surface area contributed by atoms with E-state index in [0.717, 1.165) is 75.9 Å². The monoisotopic (exact) mass is 641 g/mol. The fraction of sp³-hybridized carbons (Fsp3) is 0.143. The summed E-state index contributed by atoms with van der Waals surface area (Å²) < 4.78 is 45.1. The highest BCUT2D eigenvalue weighted by Gasteiger charge is 2.39. The number of nitro benzene ring substituents is 3. The Morgan fingerprint density at radius 3 is 1.02 bits per heavy atom. The average molecular weight is 641 g/mol. The molecule has 23 heteroatoms. The Morgan fingerprint density at radius 2 is 0.818 bits per heavy atom. The lowest BCUT2D eigenvalue weighted by Gasteiger charge is -2.30. The van der Waals surface area contributed by atoms with Crippen LogP contribution in [0.5, 0.6) is 17.2 Å². The van der Waals surface area contributed by atoms with Crippen molar-refractivity contribution in [2.45, 2.75) is 0 Å². The van der Waals surface area contributed by atoms with Gasteiger partial charge in [-0.25, -0.2) is 22.1 Å². The van der Waals surface area contributed by atoms with Crippen molar-refractivity contribution in [1.82, 2.24) is 0 Å². The van der Waals surface area contributed by atoms with Crippen LogP contribution in [-0.2, 0) is 18.4 Å². The van der Waals surface area contributed by atoms with E-state index in [1.807, 2.05) is 0 Å². The first kappa shape index (κ1) is 33.2. The van der Waals surface area contributed by atoms with Crippen molar-refractivity contribution in [2.75, 3.05) is 36.8 Å². The standard InChI is InChI=1S/C21H24N9O13P/c1-38-19-10-13(28(31)32)4-7-16(19)25(22)41-44(37,42-26(23)17-8-5-14(29(33)34)11-20(17)39-2)43-27(24)18-9-6-15(30(35)36)12-21(18)40-3/h4-12H,22-24H2,1-3H3. The third kappa shape index (κ3) is 7.53. The summed E-state index contributed by atoms with van der Waals surface area (Å²) in [5.41, 5.74) is -1.82. The Kier molecular flexibility index (Phi) is 10.4. The molecule has 3 aromatic rings. The number of benzene rings is 3. The van der Waals surface area contributed by atoms with Crippen LogP contribution < -0.4 is 47.3 Å². The average Bonchev–Trinajstić information content (AvgIpc) is 2.99. The third-order valence-corrected chi connectivity index (χ3v) is 6.53.